The first kappa shape index (κ1) is 27.5. The van der Waals surface area contributed by atoms with E-state index in [0.29, 0.717) is 46.1 Å². The summed E-state index contributed by atoms with van der Waals surface area (Å²) in [6, 6.07) is 20.1. The van der Waals surface area contributed by atoms with E-state index in [1.165, 1.54) is 16.5 Å². The van der Waals surface area contributed by atoms with Crippen molar-refractivity contribution in [3.63, 3.8) is 0 Å². The molecule has 1 heterocycles. The number of aromatic nitrogens is 3. The lowest BCUT2D eigenvalue weighted by Crippen LogP contribution is -2.45. The van der Waals surface area contributed by atoms with Crippen molar-refractivity contribution in [2.45, 2.75) is 39.8 Å². The van der Waals surface area contributed by atoms with Gasteiger partial charge in [0, 0.05) is 17.8 Å². The van der Waals surface area contributed by atoms with Crippen LogP contribution in [0.5, 0.6) is 5.75 Å². The highest BCUT2D eigenvalue weighted by Crippen LogP contribution is 2.31. The number of nitrogens with one attached hydrogen (secondary N) is 1. The van der Waals surface area contributed by atoms with E-state index in [9.17, 15) is 14.4 Å². The van der Waals surface area contributed by atoms with Gasteiger partial charge in [0.25, 0.3) is 0 Å². The predicted octanol–water partition coefficient (Wildman–Crippen LogP) is 4.58. The van der Waals surface area contributed by atoms with Crippen LogP contribution in [0.25, 0.3) is 11.0 Å². The lowest BCUT2D eigenvalue weighted by Gasteiger charge is -2.32. The van der Waals surface area contributed by atoms with Gasteiger partial charge < -0.3 is 10.1 Å². The number of nitrogens with zero attached hydrogens (tertiary/aromatic N) is 4. The highest BCUT2D eigenvalue weighted by Gasteiger charge is 2.33. The standard InChI is InChI=1S/C30H33N5O4/c1-20(2)16-17-31-30(38)29(22-12-14-25(39-4)15-13-22)35(24-9-7-8-23(18-24)21(3)36)28(37)19-34-27-11-6-5-10-26(27)32-33-34/h5-15,18,20,29H,16-17,19H2,1-4H3,(H,31,38). The topological polar surface area (TPSA) is 106 Å². The first-order chi connectivity index (χ1) is 18.8. The van der Waals surface area contributed by atoms with E-state index in [0.717, 1.165) is 6.42 Å². The molecule has 0 aliphatic rings. The monoisotopic (exact) mass is 527 g/mol. The van der Waals surface area contributed by atoms with Gasteiger partial charge in [-0.2, -0.15) is 0 Å². The molecule has 39 heavy (non-hydrogen) atoms. The van der Waals surface area contributed by atoms with E-state index in [1.807, 2.05) is 24.3 Å². The lowest BCUT2D eigenvalue weighted by molar-refractivity contribution is -0.127. The van der Waals surface area contributed by atoms with Crippen molar-refractivity contribution < 1.29 is 19.1 Å². The number of anilines is 1. The molecule has 4 aromatic rings. The third-order valence-electron chi connectivity index (χ3n) is 6.46. The van der Waals surface area contributed by atoms with E-state index in [2.05, 4.69) is 29.5 Å². The molecule has 0 bridgehead atoms. The molecule has 0 saturated heterocycles. The Morgan fingerprint density at radius 2 is 1.74 bits per heavy atom. The van der Waals surface area contributed by atoms with Gasteiger partial charge in [0.05, 0.1) is 12.6 Å². The molecule has 1 aromatic heterocycles. The van der Waals surface area contributed by atoms with Gasteiger partial charge in [-0.1, -0.05) is 55.5 Å². The number of ether oxygens (including phenoxy) is 1. The van der Waals surface area contributed by atoms with Gasteiger partial charge in [0.2, 0.25) is 11.8 Å². The molecule has 0 aliphatic carbocycles. The van der Waals surface area contributed by atoms with Crippen molar-refractivity contribution in [2.24, 2.45) is 5.92 Å². The molecule has 9 nitrogen and oxygen atoms in total. The molecule has 2 amide bonds. The summed E-state index contributed by atoms with van der Waals surface area (Å²) in [6.45, 7) is 5.94. The summed E-state index contributed by atoms with van der Waals surface area (Å²) >= 11 is 0. The molecule has 3 aromatic carbocycles. The number of benzene rings is 3. The van der Waals surface area contributed by atoms with Crippen molar-refractivity contribution in [3.05, 3.63) is 83.9 Å². The zero-order valence-electron chi connectivity index (χ0n) is 22.6. The Bertz CT molecular complexity index is 1460. The molecule has 202 valence electrons. The first-order valence-electron chi connectivity index (χ1n) is 12.9. The van der Waals surface area contributed by atoms with Crippen molar-refractivity contribution in [1.82, 2.24) is 20.3 Å². The molecule has 1 unspecified atom stereocenters. The van der Waals surface area contributed by atoms with Crippen LogP contribution < -0.4 is 15.0 Å². The largest absolute Gasteiger partial charge is 0.497 e. The number of para-hydroxylation sites is 1. The van der Waals surface area contributed by atoms with E-state index >= 15 is 0 Å². The maximum absolute atomic E-state index is 14.1. The summed E-state index contributed by atoms with van der Waals surface area (Å²) in [4.78, 5) is 41.6. The predicted molar refractivity (Wildman–Crippen MR) is 150 cm³/mol. The summed E-state index contributed by atoms with van der Waals surface area (Å²) in [5.74, 6) is 0.171. The molecule has 0 fully saturated rings. The minimum Gasteiger partial charge on any atom is -0.497 e. The van der Waals surface area contributed by atoms with Crippen LogP contribution in [0, 0.1) is 5.92 Å². The summed E-state index contributed by atoms with van der Waals surface area (Å²) in [5, 5.41) is 11.3. The third kappa shape index (κ3) is 6.49. The smallest absolute Gasteiger partial charge is 0.249 e. The summed E-state index contributed by atoms with van der Waals surface area (Å²) < 4.78 is 6.82. The Morgan fingerprint density at radius 3 is 2.44 bits per heavy atom. The molecule has 0 saturated carbocycles. The maximum atomic E-state index is 14.1. The number of methoxy groups -OCH3 is 1. The van der Waals surface area contributed by atoms with E-state index in [1.54, 1.807) is 55.6 Å². The Balaban J connectivity index is 1.80. The maximum Gasteiger partial charge on any atom is 0.249 e. The molecule has 0 spiro atoms. The second kappa shape index (κ2) is 12.3. The van der Waals surface area contributed by atoms with Gasteiger partial charge in [-0.25, -0.2) is 4.68 Å². The molecule has 0 radical (unpaired) electrons. The number of ketones is 1. The van der Waals surface area contributed by atoms with Gasteiger partial charge in [-0.15, -0.1) is 5.10 Å². The lowest BCUT2D eigenvalue weighted by atomic mass is 10.0. The minimum absolute atomic E-state index is 0.145. The number of hydrogen-bond donors (Lipinski definition) is 1. The second-order valence-corrected chi connectivity index (χ2v) is 9.76. The van der Waals surface area contributed by atoms with E-state index < -0.39 is 6.04 Å². The molecule has 9 heteroatoms. The zero-order valence-corrected chi connectivity index (χ0v) is 22.6. The Morgan fingerprint density at radius 1 is 1.00 bits per heavy atom. The van der Waals surface area contributed by atoms with Crippen LogP contribution in [0.4, 0.5) is 5.69 Å². The molecular formula is C30H33N5O4. The molecule has 4 rings (SSSR count). The van der Waals surface area contributed by atoms with Crippen molar-refractivity contribution in [3.8, 4) is 5.75 Å². The van der Waals surface area contributed by atoms with Crippen LogP contribution in [0.1, 0.15) is 49.2 Å². The quantitative estimate of drug-likeness (QED) is 0.286. The number of fused-ring (bicyclic) bond motifs is 1. The van der Waals surface area contributed by atoms with Gasteiger partial charge in [0.15, 0.2) is 5.78 Å². The highest BCUT2D eigenvalue weighted by atomic mass is 16.5. The molecule has 1 N–H and O–H groups in total. The van der Waals surface area contributed by atoms with Crippen LogP contribution in [0.2, 0.25) is 0 Å². The Hall–Kier alpha value is -4.53. The SMILES string of the molecule is COc1ccc(C(C(=O)NCCC(C)C)N(C(=O)Cn2nnc3ccccc32)c2cccc(C(C)=O)c2)cc1. The molecular weight excluding hydrogens is 494 g/mol. The van der Waals surface area contributed by atoms with Gasteiger partial charge in [-0.05, 0) is 61.2 Å². The number of hydrogen-bond acceptors (Lipinski definition) is 6. The van der Waals surface area contributed by atoms with Crippen molar-refractivity contribution in [2.75, 3.05) is 18.6 Å². The van der Waals surface area contributed by atoms with Crippen LogP contribution in [0.3, 0.4) is 0 Å². The fourth-order valence-corrected chi connectivity index (χ4v) is 4.33. The number of Topliss-reactive ketones (excluding diaryl/α,β-unsaturated/α-hetero) is 1. The fourth-order valence-electron chi connectivity index (χ4n) is 4.33. The van der Waals surface area contributed by atoms with Gasteiger partial charge >= 0.3 is 0 Å². The van der Waals surface area contributed by atoms with Crippen molar-refractivity contribution in [1.29, 1.82) is 0 Å². The summed E-state index contributed by atoms with van der Waals surface area (Å²) in [7, 11) is 1.57. The van der Waals surface area contributed by atoms with Gasteiger partial charge in [0.1, 0.15) is 23.9 Å². The number of rotatable bonds is 11. The average Bonchev–Trinajstić information content (AvgIpc) is 3.34. The first-order valence-corrected chi connectivity index (χ1v) is 12.9. The van der Waals surface area contributed by atoms with Gasteiger partial charge in [-0.3, -0.25) is 19.3 Å². The van der Waals surface area contributed by atoms with Crippen molar-refractivity contribution >= 4 is 34.3 Å². The summed E-state index contributed by atoms with van der Waals surface area (Å²) in [5.41, 5.74) is 2.82. The summed E-state index contributed by atoms with van der Waals surface area (Å²) in [6.07, 6.45) is 0.791. The van der Waals surface area contributed by atoms with E-state index in [4.69, 9.17) is 4.74 Å². The van der Waals surface area contributed by atoms with Crippen LogP contribution >= 0.6 is 0 Å². The normalized spacial score (nSPS) is 11.8. The highest BCUT2D eigenvalue weighted by molar-refractivity contribution is 6.03. The average molecular weight is 528 g/mol. The number of carbonyl (C=O) groups is 3. The minimum atomic E-state index is -1.01. The van der Waals surface area contributed by atoms with Crippen LogP contribution in [-0.2, 0) is 16.1 Å². The van der Waals surface area contributed by atoms with Crippen LogP contribution in [-0.4, -0.2) is 46.2 Å². The second-order valence-electron chi connectivity index (χ2n) is 9.76. The van der Waals surface area contributed by atoms with Crippen LogP contribution in [0.15, 0.2) is 72.8 Å². The zero-order chi connectivity index (χ0) is 27.9. The van der Waals surface area contributed by atoms with E-state index in [-0.39, 0.29) is 24.1 Å². The molecule has 1 atom stereocenters. The fraction of sp³-hybridized carbons (Fsp3) is 0.300. The third-order valence-corrected chi connectivity index (χ3v) is 6.46. The Labute approximate surface area is 227 Å². The number of amides is 2. The number of carbonyl (C=O) groups excluding carboxylic acids is 3. The molecule has 0 aliphatic heterocycles. The Kier molecular flexibility index (Phi) is 8.70.